The van der Waals surface area contributed by atoms with E-state index in [2.05, 4.69) is 9.88 Å². The van der Waals surface area contributed by atoms with Gasteiger partial charge in [0.2, 0.25) is 5.91 Å². The van der Waals surface area contributed by atoms with Crippen LogP contribution in [0.2, 0.25) is 5.02 Å². The molecule has 0 unspecified atom stereocenters. The van der Waals surface area contributed by atoms with Crippen LogP contribution >= 0.6 is 11.6 Å². The van der Waals surface area contributed by atoms with Crippen LogP contribution in [-0.4, -0.2) is 45.9 Å². The first-order valence-corrected chi connectivity index (χ1v) is 11.7. The SMILES string of the molecule is CCN(CC)C(=O)Cn1c(CCCCCNC(=O)c2ccc(Cl)cc2)nc2ccccc21. The van der Waals surface area contributed by atoms with Gasteiger partial charge in [0, 0.05) is 36.6 Å². The van der Waals surface area contributed by atoms with Gasteiger partial charge in [-0.1, -0.05) is 30.2 Å². The number of halogens is 1. The molecule has 0 radical (unpaired) electrons. The first kappa shape index (κ1) is 23.8. The van der Waals surface area contributed by atoms with Crippen molar-refractivity contribution >= 4 is 34.4 Å². The van der Waals surface area contributed by atoms with Gasteiger partial charge < -0.3 is 14.8 Å². The summed E-state index contributed by atoms with van der Waals surface area (Å²) in [6.07, 6.45) is 3.59. The number of aromatic nitrogens is 2. The lowest BCUT2D eigenvalue weighted by Crippen LogP contribution is -2.33. The van der Waals surface area contributed by atoms with Crippen molar-refractivity contribution in [3.05, 3.63) is 64.9 Å². The average molecular weight is 455 g/mol. The zero-order valence-electron chi connectivity index (χ0n) is 18.8. The molecule has 2 amide bonds. The molecule has 0 bridgehead atoms. The summed E-state index contributed by atoms with van der Waals surface area (Å²) in [5, 5.41) is 3.57. The Kier molecular flexibility index (Phi) is 8.68. The van der Waals surface area contributed by atoms with E-state index in [4.69, 9.17) is 16.6 Å². The number of carbonyl (C=O) groups excluding carboxylic acids is 2. The van der Waals surface area contributed by atoms with Crippen LogP contribution in [0.5, 0.6) is 0 Å². The third kappa shape index (κ3) is 6.10. The van der Waals surface area contributed by atoms with Crippen LogP contribution in [0.4, 0.5) is 0 Å². The highest BCUT2D eigenvalue weighted by Gasteiger charge is 2.16. The zero-order valence-corrected chi connectivity index (χ0v) is 19.6. The Balaban J connectivity index is 1.52. The molecule has 0 fully saturated rings. The number of nitrogens with one attached hydrogen (secondary N) is 1. The minimum atomic E-state index is -0.0848. The average Bonchev–Trinajstić information content (AvgIpc) is 3.14. The van der Waals surface area contributed by atoms with Gasteiger partial charge in [0.1, 0.15) is 12.4 Å². The molecule has 0 aliphatic carbocycles. The molecule has 1 aromatic heterocycles. The Hall–Kier alpha value is -2.86. The molecule has 6 nitrogen and oxygen atoms in total. The summed E-state index contributed by atoms with van der Waals surface area (Å²) in [6, 6.07) is 14.8. The van der Waals surface area contributed by atoms with Gasteiger partial charge in [0.25, 0.3) is 5.91 Å². The first-order chi connectivity index (χ1) is 15.5. The molecule has 1 heterocycles. The van der Waals surface area contributed by atoms with Gasteiger partial charge in [0.15, 0.2) is 0 Å². The fourth-order valence-electron chi connectivity index (χ4n) is 3.79. The van der Waals surface area contributed by atoms with E-state index in [1.165, 1.54) is 0 Å². The fraction of sp³-hybridized carbons (Fsp3) is 0.400. The molecule has 170 valence electrons. The first-order valence-electron chi connectivity index (χ1n) is 11.3. The number of benzene rings is 2. The number of nitrogens with zero attached hydrogens (tertiary/aromatic N) is 3. The van der Waals surface area contributed by atoms with E-state index in [9.17, 15) is 9.59 Å². The van der Waals surface area contributed by atoms with Crippen molar-refractivity contribution in [3.8, 4) is 0 Å². The normalized spacial score (nSPS) is 11.0. The summed E-state index contributed by atoms with van der Waals surface area (Å²) in [7, 11) is 0. The van der Waals surface area contributed by atoms with Crippen molar-refractivity contribution in [3.63, 3.8) is 0 Å². The minimum Gasteiger partial charge on any atom is -0.352 e. The van der Waals surface area contributed by atoms with E-state index in [-0.39, 0.29) is 11.8 Å². The predicted molar refractivity (Wildman–Crippen MR) is 129 cm³/mol. The Bertz CT molecular complexity index is 1040. The summed E-state index contributed by atoms with van der Waals surface area (Å²) in [4.78, 5) is 31.5. The Morgan fingerprint density at radius 1 is 1.00 bits per heavy atom. The highest BCUT2D eigenvalue weighted by molar-refractivity contribution is 6.30. The number of likely N-dealkylation sites (N-methyl/N-ethyl adjacent to an activating group) is 1. The van der Waals surface area contributed by atoms with E-state index >= 15 is 0 Å². The molecule has 3 rings (SSSR count). The molecular weight excluding hydrogens is 424 g/mol. The molecule has 0 aliphatic heterocycles. The van der Waals surface area contributed by atoms with Crippen LogP contribution in [-0.2, 0) is 17.8 Å². The smallest absolute Gasteiger partial charge is 0.251 e. The maximum atomic E-state index is 12.7. The number of imidazole rings is 1. The second-order valence-corrected chi connectivity index (χ2v) is 8.18. The Morgan fingerprint density at radius 3 is 2.44 bits per heavy atom. The Morgan fingerprint density at radius 2 is 1.72 bits per heavy atom. The van der Waals surface area contributed by atoms with Crippen LogP contribution in [0.25, 0.3) is 11.0 Å². The topological polar surface area (TPSA) is 67.2 Å². The number of hydrogen-bond acceptors (Lipinski definition) is 3. The molecular formula is C25H31ClN4O2. The van der Waals surface area contributed by atoms with Crippen LogP contribution in [0, 0.1) is 0 Å². The number of hydrogen-bond donors (Lipinski definition) is 1. The Labute approximate surface area is 194 Å². The number of aryl methyl sites for hydroxylation is 1. The summed E-state index contributed by atoms with van der Waals surface area (Å²) in [6.45, 7) is 6.35. The molecule has 32 heavy (non-hydrogen) atoms. The lowest BCUT2D eigenvalue weighted by atomic mass is 10.1. The van der Waals surface area contributed by atoms with E-state index in [1.807, 2.05) is 43.0 Å². The molecule has 0 saturated heterocycles. The van der Waals surface area contributed by atoms with Gasteiger partial charge in [-0.05, 0) is 63.1 Å². The third-order valence-electron chi connectivity index (χ3n) is 5.61. The van der Waals surface area contributed by atoms with Crippen molar-refractivity contribution in [2.45, 2.75) is 46.1 Å². The van der Waals surface area contributed by atoms with Gasteiger partial charge in [-0.15, -0.1) is 0 Å². The minimum absolute atomic E-state index is 0.0848. The number of para-hydroxylation sites is 2. The third-order valence-corrected chi connectivity index (χ3v) is 5.86. The lowest BCUT2D eigenvalue weighted by Gasteiger charge is -2.20. The van der Waals surface area contributed by atoms with Crippen LogP contribution < -0.4 is 5.32 Å². The summed E-state index contributed by atoms with van der Waals surface area (Å²) in [5.41, 5.74) is 2.53. The molecule has 0 atom stereocenters. The molecule has 0 saturated carbocycles. The van der Waals surface area contributed by atoms with E-state index in [0.29, 0.717) is 36.8 Å². The molecule has 0 aliphatic rings. The standard InChI is InChI=1S/C25H31ClN4O2/c1-3-29(4-2)24(31)18-30-22-11-8-7-10-21(22)28-23(30)12-6-5-9-17-27-25(32)19-13-15-20(26)16-14-19/h7-8,10-11,13-16H,3-6,9,12,17-18H2,1-2H3,(H,27,32). The zero-order chi connectivity index (χ0) is 22.9. The van der Waals surface area contributed by atoms with Crippen molar-refractivity contribution in [1.82, 2.24) is 19.8 Å². The second kappa shape index (κ2) is 11.7. The van der Waals surface area contributed by atoms with E-state index in [0.717, 1.165) is 42.5 Å². The largest absolute Gasteiger partial charge is 0.352 e. The van der Waals surface area contributed by atoms with Gasteiger partial charge in [-0.3, -0.25) is 9.59 Å². The van der Waals surface area contributed by atoms with Crippen molar-refractivity contribution in [2.75, 3.05) is 19.6 Å². The van der Waals surface area contributed by atoms with Crippen LogP contribution in [0.1, 0.15) is 49.3 Å². The number of fused-ring (bicyclic) bond motifs is 1. The highest BCUT2D eigenvalue weighted by Crippen LogP contribution is 2.18. The molecule has 1 N–H and O–H groups in total. The van der Waals surface area contributed by atoms with E-state index in [1.54, 1.807) is 24.3 Å². The molecule has 0 spiro atoms. The van der Waals surface area contributed by atoms with Crippen molar-refractivity contribution in [2.24, 2.45) is 0 Å². The lowest BCUT2D eigenvalue weighted by molar-refractivity contribution is -0.131. The number of rotatable bonds is 11. The fourth-order valence-corrected chi connectivity index (χ4v) is 3.92. The molecule has 3 aromatic rings. The van der Waals surface area contributed by atoms with Crippen LogP contribution in [0.3, 0.4) is 0 Å². The van der Waals surface area contributed by atoms with Crippen molar-refractivity contribution in [1.29, 1.82) is 0 Å². The maximum Gasteiger partial charge on any atom is 0.251 e. The van der Waals surface area contributed by atoms with Crippen molar-refractivity contribution < 1.29 is 9.59 Å². The van der Waals surface area contributed by atoms with Gasteiger partial charge >= 0.3 is 0 Å². The number of amides is 2. The number of carbonyl (C=O) groups is 2. The quantitative estimate of drug-likeness (QED) is 0.427. The van der Waals surface area contributed by atoms with Crippen LogP contribution in [0.15, 0.2) is 48.5 Å². The highest BCUT2D eigenvalue weighted by atomic mass is 35.5. The van der Waals surface area contributed by atoms with Gasteiger partial charge in [0.05, 0.1) is 11.0 Å². The van der Waals surface area contributed by atoms with E-state index < -0.39 is 0 Å². The maximum absolute atomic E-state index is 12.7. The summed E-state index contributed by atoms with van der Waals surface area (Å²) >= 11 is 5.86. The number of unbranched alkanes of at least 4 members (excludes halogenated alkanes) is 2. The molecule has 2 aromatic carbocycles. The van der Waals surface area contributed by atoms with Gasteiger partial charge in [-0.25, -0.2) is 4.98 Å². The van der Waals surface area contributed by atoms with Gasteiger partial charge in [-0.2, -0.15) is 0 Å². The predicted octanol–water partition coefficient (Wildman–Crippen LogP) is 4.70. The molecule has 7 heteroatoms. The summed E-state index contributed by atoms with van der Waals surface area (Å²) < 4.78 is 2.05. The monoisotopic (exact) mass is 454 g/mol. The second-order valence-electron chi connectivity index (χ2n) is 7.74. The summed E-state index contributed by atoms with van der Waals surface area (Å²) in [5.74, 6) is 0.972.